The van der Waals surface area contributed by atoms with Gasteiger partial charge in [0.2, 0.25) is 21.8 Å². The minimum absolute atomic E-state index is 0.0168. The molecular formula is C27H49N5O5S. The van der Waals surface area contributed by atoms with E-state index < -0.39 is 15.9 Å². The largest absolute Gasteiger partial charge is 0.381 e. The lowest BCUT2D eigenvalue weighted by Gasteiger charge is -2.17. The molecule has 218 valence electrons. The van der Waals surface area contributed by atoms with E-state index in [9.17, 15) is 18.0 Å². The smallest absolute Gasteiger partial charge is 0.247 e. The summed E-state index contributed by atoms with van der Waals surface area (Å²) in [7, 11) is -3.48. The number of ether oxygens (including phenoxy) is 1. The Bertz CT molecular complexity index is 876. The molecule has 4 N–H and O–H groups in total. The third-order valence-corrected chi connectivity index (χ3v) is 7.41. The van der Waals surface area contributed by atoms with Crippen LogP contribution in [0.25, 0.3) is 0 Å². The number of amides is 2. The van der Waals surface area contributed by atoms with Crippen LogP contribution in [0.15, 0.2) is 24.3 Å². The Morgan fingerprint density at radius 3 is 2.13 bits per heavy atom. The van der Waals surface area contributed by atoms with Crippen LogP contribution in [-0.4, -0.2) is 70.3 Å². The first-order valence-electron chi connectivity index (χ1n) is 14.0. The van der Waals surface area contributed by atoms with Crippen LogP contribution in [0.4, 0.5) is 11.4 Å². The third kappa shape index (κ3) is 17.2. The number of hydrogen-bond acceptors (Lipinski definition) is 7. The zero-order valence-corrected chi connectivity index (χ0v) is 24.3. The summed E-state index contributed by atoms with van der Waals surface area (Å²) in [5, 5.41) is 2.75. The Morgan fingerprint density at radius 2 is 1.45 bits per heavy atom. The summed E-state index contributed by atoms with van der Waals surface area (Å²) in [4.78, 5) is 26.2. The Balaban J connectivity index is 2.21. The molecule has 0 aliphatic heterocycles. The van der Waals surface area contributed by atoms with Gasteiger partial charge in [-0.1, -0.05) is 52.9 Å². The molecule has 1 aromatic carbocycles. The average Bonchev–Trinajstić information content (AvgIpc) is 2.89. The second-order valence-electron chi connectivity index (χ2n) is 9.31. The van der Waals surface area contributed by atoms with E-state index >= 15 is 0 Å². The highest BCUT2D eigenvalue weighted by Crippen LogP contribution is 2.14. The lowest BCUT2D eigenvalue weighted by Crippen LogP contribution is -2.36. The molecule has 0 bridgehead atoms. The quantitative estimate of drug-likeness (QED) is 0.0916. The molecule has 0 radical (unpaired) electrons. The van der Waals surface area contributed by atoms with Gasteiger partial charge in [-0.2, -0.15) is 0 Å². The summed E-state index contributed by atoms with van der Waals surface area (Å²) in [6.07, 6.45) is 8.15. The van der Waals surface area contributed by atoms with E-state index in [1.165, 1.54) is 25.7 Å². The molecule has 0 saturated carbocycles. The van der Waals surface area contributed by atoms with Crippen LogP contribution < -0.4 is 20.9 Å². The molecule has 0 atom stereocenters. The van der Waals surface area contributed by atoms with Gasteiger partial charge in [-0.3, -0.25) is 25.2 Å². The van der Waals surface area contributed by atoms with Crippen LogP contribution >= 0.6 is 0 Å². The SMILES string of the molecule is CCCCCCCCOCCCS(=O)(=O)Nc1ccc(NNC(=O)CC(=O)NCCCN(CC)CC)cc1. The van der Waals surface area contributed by atoms with Crippen molar-refractivity contribution < 1.29 is 22.7 Å². The van der Waals surface area contributed by atoms with Crippen molar-refractivity contribution in [3.63, 3.8) is 0 Å². The molecule has 0 saturated heterocycles. The monoisotopic (exact) mass is 555 g/mol. The van der Waals surface area contributed by atoms with Gasteiger partial charge in [-0.15, -0.1) is 0 Å². The summed E-state index contributed by atoms with van der Waals surface area (Å²) < 4.78 is 32.7. The minimum atomic E-state index is -3.48. The summed E-state index contributed by atoms with van der Waals surface area (Å²) in [6, 6.07) is 6.47. The maximum Gasteiger partial charge on any atom is 0.247 e. The summed E-state index contributed by atoms with van der Waals surface area (Å²) in [6.45, 7) is 10.9. The molecule has 0 aromatic heterocycles. The van der Waals surface area contributed by atoms with Crippen molar-refractivity contribution in [2.45, 2.75) is 78.6 Å². The number of nitrogens with zero attached hydrogens (tertiary/aromatic N) is 1. The first-order chi connectivity index (χ1) is 18.3. The van der Waals surface area contributed by atoms with Gasteiger partial charge in [0.25, 0.3) is 0 Å². The minimum Gasteiger partial charge on any atom is -0.381 e. The molecule has 0 heterocycles. The van der Waals surface area contributed by atoms with Gasteiger partial charge < -0.3 is 15.0 Å². The number of carbonyl (C=O) groups excluding carboxylic acids is 2. The number of hydrazine groups is 1. The number of hydrogen-bond donors (Lipinski definition) is 4. The fourth-order valence-corrected chi connectivity index (χ4v) is 4.85. The molecule has 0 fully saturated rings. The van der Waals surface area contributed by atoms with E-state index in [0.29, 0.717) is 37.6 Å². The summed E-state index contributed by atoms with van der Waals surface area (Å²) >= 11 is 0. The van der Waals surface area contributed by atoms with Crippen molar-refractivity contribution in [2.75, 3.05) is 55.3 Å². The second kappa shape index (κ2) is 20.6. The van der Waals surface area contributed by atoms with E-state index in [0.717, 1.165) is 38.9 Å². The van der Waals surface area contributed by atoms with Crippen molar-refractivity contribution >= 4 is 33.2 Å². The van der Waals surface area contributed by atoms with Crippen LogP contribution in [-0.2, 0) is 24.3 Å². The third-order valence-electron chi connectivity index (χ3n) is 6.04. The lowest BCUT2D eigenvalue weighted by molar-refractivity contribution is -0.129. The lowest BCUT2D eigenvalue weighted by atomic mass is 10.1. The van der Waals surface area contributed by atoms with Gasteiger partial charge in [0.1, 0.15) is 6.42 Å². The van der Waals surface area contributed by atoms with Crippen LogP contribution in [0.2, 0.25) is 0 Å². The van der Waals surface area contributed by atoms with E-state index in [1.54, 1.807) is 24.3 Å². The van der Waals surface area contributed by atoms with Gasteiger partial charge >= 0.3 is 0 Å². The normalized spacial score (nSPS) is 11.4. The summed E-state index contributed by atoms with van der Waals surface area (Å²) in [5.74, 6) is -0.812. The highest BCUT2D eigenvalue weighted by molar-refractivity contribution is 7.92. The number of anilines is 2. The average molecular weight is 556 g/mol. The molecular weight excluding hydrogens is 506 g/mol. The highest BCUT2D eigenvalue weighted by atomic mass is 32.2. The maximum absolute atomic E-state index is 12.3. The fraction of sp³-hybridized carbons (Fsp3) is 0.704. The zero-order chi connectivity index (χ0) is 28.1. The molecule has 0 unspecified atom stereocenters. The predicted octanol–water partition coefficient (Wildman–Crippen LogP) is 3.88. The van der Waals surface area contributed by atoms with Crippen LogP contribution in [0, 0.1) is 0 Å². The van der Waals surface area contributed by atoms with E-state index in [1.807, 2.05) is 0 Å². The number of nitrogens with one attached hydrogen (secondary N) is 4. The van der Waals surface area contributed by atoms with Crippen molar-refractivity contribution in [1.29, 1.82) is 0 Å². The standard InChI is InChI=1S/C27H49N5O5S/c1-4-7-8-9-10-11-20-37-21-13-22-38(35,36)31-25-16-14-24(15-17-25)29-30-27(34)23-26(33)28-18-12-19-32(5-2)6-3/h14-17,29,31H,4-13,18-23H2,1-3H3,(H,28,33)(H,30,34). The topological polar surface area (TPSA) is 129 Å². The number of sulfonamides is 1. The van der Waals surface area contributed by atoms with E-state index in [-0.39, 0.29) is 18.1 Å². The van der Waals surface area contributed by atoms with Crippen molar-refractivity contribution in [3.05, 3.63) is 24.3 Å². The highest BCUT2D eigenvalue weighted by Gasteiger charge is 2.11. The van der Waals surface area contributed by atoms with Gasteiger partial charge in [0.05, 0.1) is 11.4 Å². The van der Waals surface area contributed by atoms with Gasteiger partial charge in [0, 0.05) is 25.4 Å². The van der Waals surface area contributed by atoms with Gasteiger partial charge in [-0.25, -0.2) is 8.42 Å². The zero-order valence-electron chi connectivity index (χ0n) is 23.5. The number of unbranched alkanes of at least 4 members (excludes halogenated alkanes) is 5. The van der Waals surface area contributed by atoms with Crippen LogP contribution in [0.1, 0.15) is 78.6 Å². The maximum atomic E-state index is 12.3. The van der Waals surface area contributed by atoms with Gasteiger partial charge in [-0.05, 0) is 63.2 Å². The first-order valence-corrected chi connectivity index (χ1v) is 15.7. The predicted molar refractivity (Wildman–Crippen MR) is 154 cm³/mol. The molecule has 38 heavy (non-hydrogen) atoms. The first kappa shape index (κ1) is 33.7. The Kier molecular flexibility index (Phi) is 18.2. The van der Waals surface area contributed by atoms with E-state index in [2.05, 4.69) is 46.6 Å². The van der Waals surface area contributed by atoms with E-state index in [4.69, 9.17) is 4.74 Å². The fourth-order valence-electron chi connectivity index (χ4n) is 3.75. The van der Waals surface area contributed by atoms with Gasteiger partial charge in [0.15, 0.2) is 0 Å². The van der Waals surface area contributed by atoms with Crippen molar-refractivity contribution in [2.24, 2.45) is 0 Å². The van der Waals surface area contributed by atoms with Crippen molar-refractivity contribution in [3.8, 4) is 0 Å². The number of rotatable bonds is 23. The van der Waals surface area contributed by atoms with Crippen LogP contribution in [0.5, 0.6) is 0 Å². The molecule has 11 heteroatoms. The molecule has 10 nitrogen and oxygen atoms in total. The summed E-state index contributed by atoms with van der Waals surface area (Å²) in [5.41, 5.74) is 6.19. The molecule has 0 aliphatic carbocycles. The van der Waals surface area contributed by atoms with Crippen LogP contribution in [0.3, 0.4) is 0 Å². The number of carbonyl (C=O) groups is 2. The Hall–Kier alpha value is -2.37. The second-order valence-corrected chi connectivity index (χ2v) is 11.2. The Labute approximate surface area is 229 Å². The Morgan fingerprint density at radius 1 is 0.816 bits per heavy atom. The molecule has 1 rings (SSSR count). The molecule has 0 spiro atoms. The molecule has 2 amide bonds. The molecule has 0 aliphatic rings. The number of benzene rings is 1. The molecule has 1 aromatic rings. The van der Waals surface area contributed by atoms with Crippen molar-refractivity contribution in [1.82, 2.24) is 15.6 Å².